The van der Waals surface area contributed by atoms with Crippen LogP contribution in [0.3, 0.4) is 0 Å². The van der Waals surface area contributed by atoms with Gasteiger partial charge >= 0.3 is 0 Å². The molecule has 29 heavy (non-hydrogen) atoms. The Kier molecular flexibility index (Phi) is 8.61. The third-order valence-electron chi connectivity index (χ3n) is 6.38. The highest BCUT2D eigenvalue weighted by molar-refractivity contribution is 14.0. The highest BCUT2D eigenvalue weighted by Crippen LogP contribution is 2.28. The molecule has 0 radical (unpaired) electrons. The van der Waals surface area contributed by atoms with Gasteiger partial charge in [0, 0.05) is 63.2 Å². The average molecular weight is 532 g/mol. The van der Waals surface area contributed by atoms with Crippen LogP contribution in [-0.4, -0.2) is 67.5 Å². The molecule has 2 N–H and O–H groups in total. The van der Waals surface area contributed by atoms with Crippen molar-refractivity contribution in [3.63, 3.8) is 0 Å². The molecule has 1 aromatic heterocycles. The number of rotatable bonds is 5. The topological polar surface area (TPSA) is 60.0 Å². The molecule has 2 aliphatic heterocycles. The standard InChI is InChI=1S/C21H33N5OS.HI/c1-22-21(23-9-12-25-10-7-19-17(14-25)8-13-28-19)24-18-6-11-26(15-18)20(27)16-4-2-3-5-16;/h8,13,16,18H,2-7,9-12,14-15H2,1H3,(H2,22,23,24);1H. The van der Waals surface area contributed by atoms with Gasteiger partial charge in [0.1, 0.15) is 0 Å². The van der Waals surface area contributed by atoms with Gasteiger partial charge in [-0.2, -0.15) is 0 Å². The molecular formula is C21H34IN5OS. The Morgan fingerprint density at radius 2 is 2.10 bits per heavy atom. The number of nitrogens with one attached hydrogen (secondary N) is 2. The minimum atomic E-state index is 0. The molecule has 0 bridgehead atoms. The van der Waals surface area contributed by atoms with E-state index in [1.54, 1.807) is 4.88 Å². The number of amides is 1. The van der Waals surface area contributed by atoms with E-state index in [0.717, 1.165) is 64.5 Å². The maximum Gasteiger partial charge on any atom is 0.225 e. The fraction of sp³-hybridized carbons (Fsp3) is 0.714. The van der Waals surface area contributed by atoms with Gasteiger partial charge in [-0.3, -0.25) is 14.7 Å². The monoisotopic (exact) mass is 531 g/mol. The van der Waals surface area contributed by atoms with Gasteiger partial charge in [-0.15, -0.1) is 35.3 Å². The minimum Gasteiger partial charge on any atom is -0.355 e. The predicted molar refractivity (Wildman–Crippen MR) is 130 cm³/mol. The van der Waals surface area contributed by atoms with Gasteiger partial charge in [-0.05, 0) is 42.7 Å². The van der Waals surface area contributed by atoms with E-state index in [4.69, 9.17) is 0 Å². The first kappa shape index (κ1) is 22.8. The number of fused-ring (bicyclic) bond motifs is 1. The van der Waals surface area contributed by atoms with Gasteiger partial charge in [-0.1, -0.05) is 12.8 Å². The van der Waals surface area contributed by atoms with Crippen molar-refractivity contribution in [1.82, 2.24) is 20.4 Å². The van der Waals surface area contributed by atoms with Gasteiger partial charge in [-0.25, -0.2) is 0 Å². The molecule has 1 unspecified atom stereocenters. The van der Waals surface area contributed by atoms with Crippen LogP contribution in [0.4, 0.5) is 0 Å². The van der Waals surface area contributed by atoms with Crippen molar-refractivity contribution in [2.24, 2.45) is 10.9 Å². The lowest BCUT2D eigenvalue weighted by molar-refractivity contribution is -0.134. The second-order valence-electron chi connectivity index (χ2n) is 8.29. The summed E-state index contributed by atoms with van der Waals surface area (Å²) < 4.78 is 0. The second kappa shape index (κ2) is 10.9. The molecular weight excluding hydrogens is 497 g/mol. The summed E-state index contributed by atoms with van der Waals surface area (Å²) in [6, 6.07) is 2.57. The molecule has 6 nitrogen and oxygen atoms in total. The Hall–Kier alpha value is -0.870. The first-order chi connectivity index (χ1) is 13.7. The number of guanidine groups is 1. The van der Waals surface area contributed by atoms with Crippen molar-refractivity contribution >= 4 is 47.2 Å². The van der Waals surface area contributed by atoms with Crippen molar-refractivity contribution in [2.75, 3.05) is 39.8 Å². The lowest BCUT2D eigenvalue weighted by atomic mass is 10.1. The van der Waals surface area contributed by atoms with Gasteiger partial charge in [0.25, 0.3) is 0 Å². The fourth-order valence-electron chi connectivity index (χ4n) is 4.73. The lowest BCUT2D eigenvalue weighted by Crippen LogP contribution is -2.47. The molecule has 3 aliphatic rings. The maximum absolute atomic E-state index is 12.6. The van der Waals surface area contributed by atoms with Crippen LogP contribution in [0.5, 0.6) is 0 Å². The normalized spacial score (nSPS) is 23.0. The van der Waals surface area contributed by atoms with Gasteiger partial charge in [0.2, 0.25) is 5.91 Å². The number of carbonyl (C=O) groups excluding carboxylic acids is 1. The Bertz CT molecular complexity index is 703. The molecule has 2 fully saturated rings. The van der Waals surface area contributed by atoms with E-state index in [2.05, 4.69) is 36.9 Å². The minimum absolute atomic E-state index is 0. The highest BCUT2D eigenvalue weighted by atomic mass is 127. The summed E-state index contributed by atoms with van der Waals surface area (Å²) >= 11 is 1.89. The number of halogens is 1. The van der Waals surface area contributed by atoms with E-state index in [0.29, 0.717) is 11.9 Å². The van der Waals surface area contributed by atoms with Crippen LogP contribution in [0, 0.1) is 5.92 Å². The van der Waals surface area contributed by atoms with Gasteiger partial charge in [0.15, 0.2) is 5.96 Å². The molecule has 1 amide bonds. The van der Waals surface area contributed by atoms with E-state index in [1.807, 2.05) is 18.4 Å². The molecule has 4 rings (SSSR count). The van der Waals surface area contributed by atoms with Crippen LogP contribution in [-0.2, 0) is 17.8 Å². The number of carbonyl (C=O) groups is 1. The van der Waals surface area contributed by atoms with Crippen molar-refractivity contribution in [3.05, 3.63) is 21.9 Å². The van der Waals surface area contributed by atoms with Crippen molar-refractivity contribution in [3.8, 4) is 0 Å². The SMILES string of the molecule is CN=C(NCCN1CCc2sccc2C1)NC1CCN(C(=O)C2CCCC2)C1.I. The zero-order chi connectivity index (χ0) is 19.3. The van der Waals surface area contributed by atoms with Crippen LogP contribution in [0.2, 0.25) is 0 Å². The molecule has 0 spiro atoms. The fourth-order valence-corrected chi connectivity index (χ4v) is 5.62. The number of hydrogen-bond acceptors (Lipinski definition) is 4. The Morgan fingerprint density at radius 3 is 2.90 bits per heavy atom. The van der Waals surface area contributed by atoms with Crippen molar-refractivity contribution in [1.29, 1.82) is 0 Å². The molecule has 3 heterocycles. The molecule has 1 atom stereocenters. The van der Waals surface area contributed by atoms with Crippen LogP contribution in [0.15, 0.2) is 16.4 Å². The quantitative estimate of drug-likeness (QED) is 0.349. The number of hydrogen-bond donors (Lipinski definition) is 2. The lowest BCUT2D eigenvalue weighted by Gasteiger charge is -2.27. The second-order valence-corrected chi connectivity index (χ2v) is 9.29. The molecule has 0 aromatic carbocycles. The van der Waals surface area contributed by atoms with E-state index in [-0.39, 0.29) is 29.9 Å². The molecule has 1 saturated carbocycles. The molecule has 162 valence electrons. The Labute approximate surface area is 195 Å². The number of nitrogens with zero attached hydrogens (tertiary/aromatic N) is 3. The molecule has 1 aliphatic carbocycles. The van der Waals surface area contributed by atoms with E-state index in [9.17, 15) is 4.79 Å². The van der Waals surface area contributed by atoms with E-state index in [1.165, 1.54) is 24.8 Å². The summed E-state index contributed by atoms with van der Waals surface area (Å²) in [6.07, 6.45) is 6.78. The summed E-state index contributed by atoms with van der Waals surface area (Å²) in [5, 5.41) is 9.18. The number of thiophene rings is 1. The maximum atomic E-state index is 12.6. The van der Waals surface area contributed by atoms with Crippen molar-refractivity contribution in [2.45, 2.75) is 51.1 Å². The summed E-state index contributed by atoms with van der Waals surface area (Å²) in [7, 11) is 1.82. The smallest absolute Gasteiger partial charge is 0.225 e. The van der Waals surface area contributed by atoms with Crippen LogP contribution < -0.4 is 10.6 Å². The summed E-state index contributed by atoms with van der Waals surface area (Å²) in [4.78, 5) is 23.1. The molecule has 1 aromatic rings. The zero-order valence-electron chi connectivity index (χ0n) is 17.4. The summed E-state index contributed by atoms with van der Waals surface area (Å²) in [6.45, 7) is 5.79. The van der Waals surface area contributed by atoms with Crippen LogP contribution >= 0.6 is 35.3 Å². The first-order valence-corrected chi connectivity index (χ1v) is 11.6. The van der Waals surface area contributed by atoms with Gasteiger partial charge < -0.3 is 15.5 Å². The summed E-state index contributed by atoms with van der Waals surface area (Å²) in [5.41, 5.74) is 1.50. The van der Waals surface area contributed by atoms with Crippen LogP contribution in [0.1, 0.15) is 42.5 Å². The largest absolute Gasteiger partial charge is 0.355 e. The number of likely N-dealkylation sites (tertiary alicyclic amines) is 1. The third-order valence-corrected chi connectivity index (χ3v) is 7.40. The predicted octanol–water partition coefficient (Wildman–Crippen LogP) is 2.68. The van der Waals surface area contributed by atoms with E-state index < -0.39 is 0 Å². The Morgan fingerprint density at radius 1 is 1.28 bits per heavy atom. The zero-order valence-corrected chi connectivity index (χ0v) is 20.5. The Balaban J connectivity index is 0.00000240. The molecule has 8 heteroatoms. The first-order valence-electron chi connectivity index (χ1n) is 10.8. The van der Waals surface area contributed by atoms with Crippen LogP contribution in [0.25, 0.3) is 0 Å². The number of aliphatic imine (C=N–C) groups is 1. The third kappa shape index (κ3) is 5.85. The van der Waals surface area contributed by atoms with Crippen molar-refractivity contribution < 1.29 is 4.79 Å². The average Bonchev–Trinajstić information content (AvgIpc) is 3.47. The highest BCUT2D eigenvalue weighted by Gasteiger charge is 2.32. The molecule has 1 saturated heterocycles. The van der Waals surface area contributed by atoms with E-state index >= 15 is 0 Å². The summed E-state index contributed by atoms with van der Waals surface area (Å²) in [5.74, 6) is 1.51. The van der Waals surface area contributed by atoms with Gasteiger partial charge in [0.05, 0.1) is 0 Å².